The van der Waals surface area contributed by atoms with Crippen LogP contribution in [0.5, 0.6) is 0 Å². The molecule has 122 valence electrons. The fourth-order valence-corrected chi connectivity index (χ4v) is 2.97. The van der Waals surface area contributed by atoms with Crippen LogP contribution in [0.1, 0.15) is 35.8 Å². The molecule has 2 unspecified atom stereocenters. The third-order valence-corrected chi connectivity index (χ3v) is 4.31. The number of hydrogen-bond acceptors (Lipinski definition) is 2. The minimum Gasteiger partial charge on any atom is -0.387 e. The van der Waals surface area contributed by atoms with Gasteiger partial charge in [-0.05, 0) is 23.6 Å². The first-order chi connectivity index (χ1) is 11.8. The van der Waals surface area contributed by atoms with Crippen molar-refractivity contribution >= 4 is 0 Å². The summed E-state index contributed by atoms with van der Waals surface area (Å²) in [6.45, 7) is 2.02. The third-order valence-electron chi connectivity index (χ3n) is 4.31. The number of rotatable bonds is 6. The van der Waals surface area contributed by atoms with Crippen molar-refractivity contribution in [3.63, 3.8) is 0 Å². The Hall–Kier alpha value is -2.42. The molecule has 2 atom stereocenters. The van der Waals surface area contributed by atoms with Crippen molar-refractivity contribution in [3.05, 3.63) is 108 Å². The number of benzene rings is 3. The summed E-state index contributed by atoms with van der Waals surface area (Å²) in [5, 5.41) is 14.3. The van der Waals surface area contributed by atoms with Gasteiger partial charge in [0, 0.05) is 6.04 Å². The van der Waals surface area contributed by atoms with Crippen molar-refractivity contribution in [2.45, 2.75) is 25.1 Å². The van der Waals surface area contributed by atoms with Crippen molar-refractivity contribution in [1.82, 2.24) is 5.32 Å². The maximum absolute atomic E-state index is 10.7. The monoisotopic (exact) mass is 317 g/mol. The topological polar surface area (TPSA) is 32.3 Å². The second kappa shape index (κ2) is 7.91. The second-order valence-corrected chi connectivity index (χ2v) is 6.07. The minimum atomic E-state index is -0.555. The predicted molar refractivity (Wildman–Crippen MR) is 98.7 cm³/mol. The predicted octanol–water partition coefficient (Wildman–Crippen LogP) is 4.49. The van der Waals surface area contributed by atoms with Gasteiger partial charge < -0.3 is 10.4 Å². The Balaban J connectivity index is 1.84. The summed E-state index contributed by atoms with van der Waals surface area (Å²) in [6.07, 6.45) is -0.555. The van der Waals surface area contributed by atoms with Crippen LogP contribution < -0.4 is 5.32 Å². The molecule has 0 saturated heterocycles. The highest BCUT2D eigenvalue weighted by molar-refractivity contribution is 5.32. The summed E-state index contributed by atoms with van der Waals surface area (Å²) in [4.78, 5) is 0. The molecular weight excluding hydrogens is 294 g/mol. The minimum absolute atomic E-state index is 0.0424. The Morgan fingerprint density at radius 1 is 0.625 bits per heavy atom. The largest absolute Gasteiger partial charge is 0.387 e. The first-order valence-electron chi connectivity index (χ1n) is 8.34. The van der Waals surface area contributed by atoms with Crippen molar-refractivity contribution < 1.29 is 5.11 Å². The third kappa shape index (κ3) is 3.91. The van der Waals surface area contributed by atoms with Gasteiger partial charge in [-0.15, -0.1) is 0 Å². The Bertz CT molecular complexity index is 688. The SMILES string of the molecule is CC(NC(c1ccccc1)c1ccccc1)C(O)c1ccccc1. The quantitative estimate of drug-likeness (QED) is 0.702. The molecule has 0 aliphatic heterocycles. The summed E-state index contributed by atoms with van der Waals surface area (Å²) in [7, 11) is 0. The molecule has 3 rings (SSSR count). The van der Waals surface area contributed by atoms with Crippen molar-refractivity contribution in [3.8, 4) is 0 Å². The molecule has 0 amide bonds. The molecule has 2 nitrogen and oxygen atoms in total. The normalized spacial score (nSPS) is 13.6. The second-order valence-electron chi connectivity index (χ2n) is 6.07. The van der Waals surface area contributed by atoms with Crippen molar-refractivity contribution in [2.24, 2.45) is 0 Å². The molecule has 0 bridgehead atoms. The zero-order valence-corrected chi connectivity index (χ0v) is 13.8. The number of hydrogen-bond donors (Lipinski definition) is 2. The van der Waals surface area contributed by atoms with E-state index in [2.05, 4.69) is 29.6 Å². The van der Waals surface area contributed by atoms with E-state index in [1.165, 1.54) is 11.1 Å². The molecule has 3 aromatic carbocycles. The molecule has 24 heavy (non-hydrogen) atoms. The summed E-state index contributed by atoms with van der Waals surface area (Å²) >= 11 is 0. The van der Waals surface area contributed by atoms with Gasteiger partial charge in [-0.1, -0.05) is 91.0 Å². The van der Waals surface area contributed by atoms with Gasteiger partial charge in [0.15, 0.2) is 0 Å². The van der Waals surface area contributed by atoms with E-state index in [0.29, 0.717) is 0 Å². The van der Waals surface area contributed by atoms with Crippen molar-refractivity contribution in [2.75, 3.05) is 0 Å². The first kappa shape index (κ1) is 16.4. The molecular formula is C22H23NO. The van der Waals surface area contributed by atoms with E-state index in [1.807, 2.05) is 73.7 Å². The van der Waals surface area contributed by atoms with E-state index in [9.17, 15) is 5.11 Å². The molecule has 2 N–H and O–H groups in total. The highest BCUT2D eigenvalue weighted by Crippen LogP contribution is 2.25. The van der Waals surface area contributed by atoms with E-state index >= 15 is 0 Å². The Morgan fingerprint density at radius 2 is 1.00 bits per heavy atom. The van der Waals surface area contributed by atoms with Crippen LogP contribution in [0.3, 0.4) is 0 Å². The van der Waals surface area contributed by atoms with Gasteiger partial charge in [-0.3, -0.25) is 0 Å². The molecule has 0 aliphatic carbocycles. The average molecular weight is 317 g/mol. The lowest BCUT2D eigenvalue weighted by Gasteiger charge is -2.27. The lowest BCUT2D eigenvalue weighted by atomic mass is 9.96. The van der Waals surface area contributed by atoms with E-state index in [1.54, 1.807) is 0 Å². The van der Waals surface area contributed by atoms with Crippen LogP contribution in [-0.2, 0) is 0 Å². The van der Waals surface area contributed by atoms with Crippen LogP contribution in [0.2, 0.25) is 0 Å². The van der Waals surface area contributed by atoms with Gasteiger partial charge in [0.25, 0.3) is 0 Å². The van der Waals surface area contributed by atoms with Gasteiger partial charge in [-0.2, -0.15) is 0 Å². The molecule has 0 saturated carbocycles. The smallest absolute Gasteiger partial charge is 0.0940 e. The van der Waals surface area contributed by atoms with Gasteiger partial charge in [0.2, 0.25) is 0 Å². The van der Waals surface area contributed by atoms with Gasteiger partial charge in [0.05, 0.1) is 12.1 Å². The van der Waals surface area contributed by atoms with Crippen LogP contribution >= 0.6 is 0 Å². The summed E-state index contributed by atoms with van der Waals surface area (Å²) in [5.41, 5.74) is 3.31. The first-order valence-corrected chi connectivity index (χ1v) is 8.34. The fraction of sp³-hybridized carbons (Fsp3) is 0.182. The van der Waals surface area contributed by atoms with Gasteiger partial charge in [0.1, 0.15) is 0 Å². The fourth-order valence-electron chi connectivity index (χ4n) is 2.97. The van der Waals surface area contributed by atoms with Crippen molar-refractivity contribution in [1.29, 1.82) is 0 Å². The molecule has 0 aromatic heterocycles. The number of nitrogens with one attached hydrogen (secondary N) is 1. The van der Waals surface area contributed by atoms with Crippen LogP contribution in [0, 0.1) is 0 Å². The van der Waals surface area contributed by atoms with Crippen LogP contribution in [0.25, 0.3) is 0 Å². The average Bonchev–Trinajstić information content (AvgIpc) is 2.67. The van der Waals surface area contributed by atoms with E-state index in [0.717, 1.165) is 5.56 Å². The van der Waals surface area contributed by atoms with E-state index < -0.39 is 6.10 Å². The Morgan fingerprint density at radius 3 is 1.42 bits per heavy atom. The van der Waals surface area contributed by atoms with Gasteiger partial charge >= 0.3 is 0 Å². The zero-order valence-electron chi connectivity index (χ0n) is 13.8. The van der Waals surface area contributed by atoms with Crippen LogP contribution in [0.15, 0.2) is 91.0 Å². The molecule has 0 fully saturated rings. The summed E-state index contributed by atoms with van der Waals surface area (Å²) in [6, 6.07) is 30.5. The lowest BCUT2D eigenvalue weighted by molar-refractivity contribution is 0.132. The molecule has 0 radical (unpaired) electrons. The molecule has 3 aromatic rings. The summed E-state index contributed by atoms with van der Waals surface area (Å²) in [5.74, 6) is 0. The van der Waals surface area contributed by atoms with E-state index in [4.69, 9.17) is 0 Å². The highest BCUT2D eigenvalue weighted by atomic mass is 16.3. The summed E-state index contributed by atoms with van der Waals surface area (Å²) < 4.78 is 0. The highest BCUT2D eigenvalue weighted by Gasteiger charge is 2.21. The molecule has 2 heteroatoms. The van der Waals surface area contributed by atoms with Crippen LogP contribution in [0.4, 0.5) is 0 Å². The molecule has 0 aliphatic rings. The standard InChI is InChI=1S/C22H23NO/c1-17(22(24)20-15-9-4-10-16-20)23-21(18-11-5-2-6-12-18)19-13-7-3-8-14-19/h2-17,21-24H,1H3. The number of aliphatic hydroxyl groups is 1. The van der Waals surface area contributed by atoms with Crippen LogP contribution in [-0.4, -0.2) is 11.1 Å². The Kier molecular flexibility index (Phi) is 5.42. The maximum Gasteiger partial charge on any atom is 0.0940 e. The maximum atomic E-state index is 10.7. The van der Waals surface area contributed by atoms with Gasteiger partial charge in [-0.25, -0.2) is 0 Å². The van der Waals surface area contributed by atoms with E-state index in [-0.39, 0.29) is 12.1 Å². The number of aliphatic hydroxyl groups excluding tert-OH is 1. The molecule has 0 heterocycles. The lowest BCUT2D eigenvalue weighted by Crippen LogP contribution is -2.35. The zero-order chi connectivity index (χ0) is 16.8. The molecule has 0 spiro atoms. The Labute approximate surface area is 143 Å².